The molecule has 0 aliphatic rings. The molecule has 0 spiro atoms. The Morgan fingerprint density at radius 2 is 2.09 bits per heavy atom. The van der Waals surface area contributed by atoms with E-state index in [0.29, 0.717) is 17.1 Å². The summed E-state index contributed by atoms with van der Waals surface area (Å²) in [5.74, 6) is 0.696. The second-order valence-corrected chi connectivity index (χ2v) is 6.77. The van der Waals surface area contributed by atoms with Gasteiger partial charge in [-0.15, -0.1) is 11.3 Å². The van der Waals surface area contributed by atoms with E-state index in [9.17, 15) is 4.79 Å². The zero-order chi connectivity index (χ0) is 16.2. The maximum absolute atomic E-state index is 12.1. The van der Waals surface area contributed by atoms with Crippen molar-refractivity contribution in [3.05, 3.63) is 62.5 Å². The molecule has 0 aliphatic heterocycles. The van der Waals surface area contributed by atoms with Crippen molar-refractivity contribution >= 4 is 33.2 Å². The fourth-order valence-corrected chi connectivity index (χ4v) is 3.53. The number of aromatic amines is 1. The standard InChI is InChI=1S/C17H18ClN3OS/c1-2-8-21(10-12-5-3-4-6-13(12)18)11-15-19-14-7-9-23-16(14)17(22)20-15/h3-7,9H,2,8,10-11H2,1H3,(H,19,20,22). The van der Waals surface area contributed by atoms with Crippen LogP contribution in [0.5, 0.6) is 0 Å². The van der Waals surface area contributed by atoms with Gasteiger partial charge in [0.1, 0.15) is 10.5 Å². The van der Waals surface area contributed by atoms with Crippen LogP contribution in [0.4, 0.5) is 0 Å². The summed E-state index contributed by atoms with van der Waals surface area (Å²) in [6, 6.07) is 9.74. The number of halogens is 1. The van der Waals surface area contributed by atoms with Crippen molar-refractivity contribution in [3.8, 4) is 0 Å². The number of hydrogen-bond acceptors (Lipinski definition) is 4. The fraction of sp³-hybridized carbons (Fsp3) is 0.294. The number of aromatic nitrogens is 2. The molecule has 0 saturated carbocycles. The Labute approximate surface area is 143 Å². The highest BCUT2D eigenvalue weighted by Gasteiger charge is 2.11. The van der Waals surface area contributed by atoms with Gasteiger partial charge in [0.2, 0.25) is 0 Å². The van der Waals surface area contributed by atoms with Crippen LogP contribution in [0.3, 0.4) is 0 Å². The number of H-pyrrole nitrogens is 1. The van der Waals surface area contributed by atoms with Crippen LogP contribution in [0.25, 0.3) is 10.2 Å². The molecule has 0 radical (unpaired) electrons. The molecule has 0 fully saturated rings. The number of rotatable bonds is 6. The summed E-state index contributed by atoms with van der Waals surface area (Å²) in [6.07, 6.45) is 1.02. The van der Waals surface area contributed by atoms with Gasteiger partial charge in [-0.05, 0) is 36.0 Å². The first-order chi connectivity index (χ1) is 11.2. The average Bonchev–Trinajstić information content (AvgIpc) is 2.99. The predicted molar refractivity (Wildman–Crippen MR) is 96.1 cm³/mol. The van der Waals surface area contributed by atoms with Crippen molar-refractivity contribution in [1.29, 1.82) is 0 Å². The summed E-state index contributed by atoms with van der Waals surface area (Å²) in [5, 5.41) is 2.66. The van der Waals surface area contributed by atoms with Crippen LogP contribution in [-0.4, -0.2) is 21.4 Å². The van der Waals surface area contributed by atoms with Gasteiger partial charge in [-0.1, -0.05) is 36.7 Å². The second-order valence-electron chi connectivity index (χ2n) is 5.45. The van der Waals surface area contributed by atoms with Crippen LogP contribution in [-0.2, 0) is 13.1 Å². The molecule has 1 N–H and O–H groups in total. The minimum absolute atomic E-state index is 0.0609. The van der Waals surface area contributed by atoms with Crippen molar-refractivity contribution in [3.63, 3.8) is 0 Å². The summed E-state index contributed by atoms with van der Waals surface area (Å²) < 4.78 is 0.682. The van der Waals surface area contributed by atoms with Gasteiger partial charge in [-0.3, -0.25) is 9.69 Å². The third kappa shape index (κ3) is 3.80. The molecule has 3 aromatic rings. The smallest absolute Gasteiger partial charge is 0.268 e. The SMILES string of the molecule is CCCN(Cc1nc2ccsc2c(=O)[nH]1)Cc1ccccc1Cl. The van der Waals surface area contributed by atoms with E-state index in [0.717, 1.165) is 35.6 Å². The summed E-state index contributed by atoms with van der Waals surface area (Å²) >= 11 is 7.68. The molecule has 6 heteroatoms. The van der Waals surface area contributed by atoms with E-state index >= 15 is 0 Å². The Balaban J connectivity index is 1.83. The third-order valence-corrected chi connectivity index (χ3v) is 4.90. The van der Waals surface area contributed by atoms with Gasteiger partial charge in [0.05, 0.1) is 12.1 Å². The zero-order valence-electron chi connectivity index (χ0n) is 12.9. The van der Waals surface area contributed by atoms with Crippen LogP contribution in [0, 0.1) is 0 Å². The van der Waals surface area contributed by atoms with Gasteiger partial charge in [-0.25, -0.2) is 4.98 Å². The molecule has 2 heterocycles. The minimum Gasteiger partial charge on any atom is -0.308 e. The fourth-order valence-electron chi connectivity index (χ4n) is 2.61. The Morgan fingerprint density at radius 3 is 2.87 bits per heavy atom. The Hall–Kier alpha value is -1.69. The molecule has 4 nitrogen and oxygen atoms in total. The number of benzene rings is 1. The molecule has 0 atom stereocenters. The van der Waals surface area contributed by atoms with Crippen LogP contribution >= 0.6 is 22.9 Å². The molecule has 0 bridgehead atoms. The van der Waals surface area contributed by atoms with E-state index in [-0.39, 0.29) is 5.56 Å². The highest BCUT2D eigenvalue weighted by Crippen LogP contribution is 2.19. The van der Waals surface area contributed by atoms with E-state index in [1.165, 1.54) is 11.3 Å². The van der Waals surface area contributed by atoms with Crippen LogP contribution in [0.15, 0.2) is 40.5 Å². The monoisotopic (exact) mass is 347 g/mol. The first kappa shape index (κ1) is 16.2. The Morgan fingerprint density at radius 1 is 1.26 bits per heavy atom. The predicted octanol–water partition coefficient (Wildman–Crippen LogP) is 4.05. The molecule has 2 aromatic heterocycles. The second kappa shape index (κ2) is 7.25. The minimum atomic E-state index is -0.0609. The lowest BCUT2D eigenvalue weighted by molar-refractivity contribution is 0.251. The van der Waals surface area contributed by atoms with E-state index in [2.05, 4.69) is 21.8 Å². The number of nitrogens with one attached hydrogen (secondary N) is 1. The van der Waals surface area contributed by atoms with Crippen molar-refractivity contribution in [1.82, 2.24) is 14.9 Å². The molecule has 23 heavy (non-hydrogen) atoms. The highest BCUT2D eigenvalue weighted by atomic mass is 35.5. The lowest BCUT2D eigenvalue weighted by atomic mass is 10.2. The molecule has 1 aromatic carbocycles. The van der Waals surface area contributed by atoms with Gasteiger partial charge in [0.15, 0.2) is 0 Å². The normalized spacial score (nSPS) is 11.4. The van der Waals surface area contributed by atoms with E-state index in [1.54, 1.807) is 0 Å². The van der Waals surface area contributed by atoms with E-state index in [1.807, 2.05) is 35.7 Å². The molecule has 120 valence electrons. The van der Waals surface area contributed by atoms with E-state index < -0.39 is 0 Å². The quantitative estimate of drug-likeness (QED) is 0.731. The first-order valence-electron chi connectivity index (χ1n) is 7.59. The number of fused-ring (bicyclic) bond motifs is 1. The highest BCUT2D eigenvalue weighted by molar-refractivity contribution is 7.17. The maximum Gasteiger partial charge on any atom is 0.268 e. The largest absolute Gasteiger partial charge is 0.308 e. The van der Waals surface area contributed by atoms with Gasteiger partial charge < -0.3 is 4.98 Å². The molecule has 0 amide bonds. The van der Waals surface area contributed by atoms with Crippen molar-refractivity contribution in [2.75, 3.05) is 6.54 Å². The first-order valence-corrected chi connectivity index (χ1v) is 8.85. The summed E-state index contributed by atoms with van der Waals surface area (Å²) in [6.45, 7) is 4.38. The summed E-state index contributed by atoms with van der Waals surface area (Å²) in [4.78, 5) is 21.8. The van der Waals surface area contributed by atoms with Crippen molar-refractivity contribution in [2.45, 2.75) is 26.4 Å². The number of hydrogen-bond donors (Lipinski definition) is 1. The average molecular weight is 348 g/mol. The van der Waals surface area contributed by atoms with E-state index in [4.69, 9.17) is 11.6 Å². The zero-order valence-corrected chi connectivity index (χ0v) is 14.5. The third-order valence-electron chi connectivity index (χ3n) is 3.63. The molecular weight excluding hydrogens is 330 g/mol. The summed E-state index contributed by atoms with van der Waals surface area (Å²) in [5.41, 5.74) is 1.79. The van der Waals surface area contributed by atoms with Crippen LogP contribution < -0.4 is 5.56 Å². The van der Waals surface area contributed by atoms with Gasteiger partial charge in [-0.2, -0.15) is 0 Å². The van der Waals surface area contributed by atoms with Gasteiger partial charge in [0.25, 0.3) is 5.56 Å². The molecule has 0 saturated heterocycles. The molecule has 0 unspecified atom stereocenters. The maximum atomic E-state index is 12.1. The Bertz CT molecular complexity index is 858. The summed E-state index contributed by atoms with van der Waals surface area (Å²) in [7, 11) is 0. The van der Waals surface area contributed by atoms with Crippen molar-refractivity contribution < 1.29 is 0 Å². The van der Waals surface area contributed by atoms with Gasteiger partial charge in [0, 0.05) is 11.6 Å². The molecule has 3 rings (SSSR count). The van der Waals surface area contributed by atoms with Crippen LogP contribution in [0.1, 0.15) is 24.7 Å². The Kier molecular flexibility index (Phi) is 5.10. The topological polar surface area (TPSA) is 49.0 Å². The molecular formula is C17H18ClN3OS. The van der Waals surface area contributed by atoms with Gasteiger partial charge >= 0.3 is 0 Å². The lowest BCUT2D eigenvalue weighted by Gasteiger charge is -2.21. The molecule has 0 aliphatic carbocycles. The van der Waals surface area contributed by atoms with Crippen LogP contribution in [0.2, 0.25) is 5.02 Å². The lowest BCUT2D eigenvalue weighted by Crippen LogP contribution is -2.26. The van der Waals surface area contributed by atoms with Crippen molar-refractivity contribution in [2.24, 2.45) is 0 Å². The number of thiophene rings is 1. The number of nitrogens with zero attached hydrogens (tertiary/aromatic N) is 2.